The van der Waals surface area contributed by atoms with E-state index < -0.39 is 39.4 Å². The lowest BCUT2D eigenvalue weighted by molar-refractivity contribution is 0.0682. The number of carbonyl (C=O) groups is 3. The second kappa shape index (κ2) is 15.6. The number of aromatic hydroxyl groups is 3. The molecule has 0 unspecified atom stereocenters. The van der Waals surface area contributed by atoms with Gasteiger partial charge < -0.3 is 30.6 Å². The molecule has 50 heavy (non-hydrogen) atoms. The van der Waals surface area contributed by atoms with Crippen LogP contribution in [0.5, 0.6) is 17.2 Å². The Kier molecular flexibility index (Phi) is 11.1. The SMILES string of the molecule is O=C(O)c1cc(/N=N/c2ccc(O)c(C(=O)O)c2)ccc1O.O=C(O)c1cc(N=Nc2ccc(S(=O)(=O)Nc3ccccn3)cc2)ccc1O. The normalized spacial score (nSPS) is 11.1. The Bertz CT molecular complexity index is 2160. The summed E-state index contributed by atoms with van der Waals surface area (Å²) in [5.41, 5.74) is -0.0222. The number of hydrogen-bond donors (Lipinski definition) is 7. The van der Waals surface area contributed by atoms with E-state index in [4.69, 9.17) is 15.3 Å². The number of anilines is 1. The van der Waals surface area contributed by atoms with Crippen molar-refractivity contribution in [1.29, 1.82) is 0 Å². The van der Waals surface area contributed by atoms with Crippen LogP contribution in [0.15, 0.2) is 129 Å². The van der Waals surface area contributed by atoms with Crippen LogP contribution in [0.2, 0.25) is 0 Å². The summed E-state index contributed by atoms with van der Waals surface area (Å²) in [4.78, 5) is 36.7. The van der Waals surface area contributed by atoms with Crippen LogP contribution < -0.4 is 4.72 Å². The van der Waals surface area contributed by atoms with Crippen LogP contribution in [-0.4, -0.2) is 61.9 Å². The van der Waals surface area contributed by atoms with Crippen molar-refractivity contribution in [3.63, 3.8) is 0 Å². The lowest BCUT2D eigenvalue weighted by Crippen LogP contribution is -2.13. The van der Waals surface area contributed by atoms with Crippen molar-refractivity contribution in [1.82, 2.24) is 4.98 Å². The summed E-state index contributed by atoms with van der Waals surface area (Å²) in [6, 6.07) is 21.6. The molecule has 0 spiro atoms. The zero-order valence-electron chi connectivity index (χ0n) is 25.2. The molecule has 5 rings (SSSR count). The Morgan fingerprint density at radius 2 is 0.920 bits per heavy atom. The van der Waals surface area contributed by atoms with E-state index >= 15 is 0 Å². The Balaban J connectivity index is 0.000000232. The average molecular weight is 701 g/mol. The summed E-state index contributed by atoms with van der Waals surface area (Å²) in [5.74, 6) is -4.88. The fourth-order valence-electron chi connectivity index (χ4n) is 3.82. The molecule has 1 heterocycles. The number of benzene rings is 4. The Morgan fingerprint density at radius 1 is 0.540 bits per heavy atom. The van der Waals surface area contributed by atoms with E-state index in [1.165, 1.54) is 66.9 Å². The van der Waals surface area contributed by atoms with Crippen LogP contribution in [-0.2, 0) is 10.0 Å². The molecule has 1 aromatic heterocycles. The van der Waals surface area contributed by atoms with Gasteiger partial charge in [0.2, 0.25) is 0 Å². The first-order chi connectivity index (χ1) is 23.7. The number of azo groups is 2. The third-order valence-corrected chi connectivity index (χ3v) is 7.61. The molecule has 0 atom stereocenters. The summed E-state index contributed by atoms with van der Waals surface area (Å²) in [7, 11) is -3.79. The molecule has 18 heteroatoms. The van der Waals surface area contributed by atoms with E-state index in [9.17, 15) is 38.1 Å². The molecule has 0 aliphatic carbocycles. The Hall–Kier alpha value is -7.21. The van der Waals surface area contributed by atoms with Gasteiger partial charge in [0, 0.05) is 6.20 Å². The van der Waals surface area contributed by atoms with Gasteiger partial charge in [0.25, 0.3) is 10.0 Å². The van der Waals surface area contributed by atoms with Gasteiger partial charge in [0.05, 0.1) is 27.6 Å². The molecular formula is C32H24N6O11S. The second-order valence-corrected chi connectivity index (χ2v) is 11.4. The van der Waals surface area contributed by atoms with Crippen molar-refractivity contribution in [2.24, 2.45) is 20.5 Å². The molecule has 4 aromatic carbocycles. The number of aromatic carboxylic acids is 3. The number of nitrogens with zero attached hydrogens (tertiary/aromatic N) is 5. The first-order valence-electron chi connectivity index (χ1n) is 13.8. The second-order valence-electron chi connectivity index (χ2n) is 9.73. The fourth-order valence-corrected chi connectivity index (χ4v) is 4.82. The van der Waals surface area contributed by atoms with Crippen LogP contribution in [0.1, 0.15) is 31.1 Å². The highest BCUT2D eigenvalue weighted by atomic mass is 32.2. The molecule has 0 aliphatic rings. The Morgan fingerprint density at radius 3 is 1.28 bits per heavy atom. The molecule has 0 aliphatic heterocycles. The zero-order valence-corrected chi connectivity index (χ0v) is 26.0. The van der Waals surface area contributed by atoms with Gasteiger partial charge in [0.1, 0.15) is 39.8 Å². The molecule has 254 valence electrons. The van der Waals surface area contributed by atoms with Crippen LogP contribution in [0.25, 0.3) is 0 Å². The summed E-state index contributed by atoms with van der Waals surface area (Å²) in [6.45, 7) is 0. The molecule has 0 bridgehead atoms. The first-order valence-corrected chi connectivity index (χ1v) is 15.3. The highest BCUT2D eigenvalue weighted by Gasteiger charge is 2.15. The minimum Gasteiger partial charge on any atom is -0.507 e. The van der Waals surface area contributed by atoms with Gasteiger partial charge in [-0.05, 0) is 91.0 Å². The molecule has 0 amide bonds. The van der Waals surface area contributed by atoms with Gasteiger partial charge in [-0.25, -0.2) is 27.8 Å². The maximum absolute atomic E-state index is 12.3. The summed E-state index contributed by atoms with van der Waals surface area (Å²) in [5, 5.41) is 70.3. The van der Waals surface area contributed by atoms with Crippen LogP contribution in [0, 0.1) is 0 Å². The number of phenols is 3. The molecule has 0 fully saturated rings. The molecule has 0 saturated heterocycles. The zero-order chi connectivity index (χ0) is 36.4. The van der Waals surface area contributed by atoms with Gasteiger partial charge in [0.15, 0.2) is 0 Å². The standard InChI is InChI=1S/C18H14N4O5S.C14H10N2O6/c23-16-9-6-13(11-15(16)18(24)25)21-20-12-4-7-14(8-5-12)28(26,27)22-17-3-1-2-10-19-17;17-11-3-1-7(5-9(11)13(19)20)15-16-8-2-4-12(18)10(6-8)14(21)22/h1-11,23H,(H,19,22)(H,24,25);1-6,17-18H,(H,19,20)(H,21,22)/b;16-15+. The first kappa shape index (κ1) is 35.6. The lowest BCUT2D eigenvalue weighted by atomic mass is 10.2. The smallest absolute Gasteiger partial charge is 0.339 e. The van der Waals surface area contributed by atoms with Gasteiger partial charge in [-0.3, -0.25) is 4.72 Å². The largest absolute Gasteiger partial charge is 0.507 e. The number of sulfonamides is 1. The van der Waals surface area contributed by atoms with Crippen molar-refractivity contribution in [2.75, 3.05) is 4.72 Å². The van der Waals surface area contributed by atoms with Gasteiger partial charge in [-0.1, -0.05) is 6.07 Å². The third-order valence-electron chi connectivity index (χ3n) is 6.24. The highest BCUT2D eigenvalue weighted by Crippen LogP contribution is 2.28. The number of rotatable bonds is 10. The molecule has 7 N–H and O–H groups in total. The van der Waals surface area contributed by atoms with E-state index in [-0.39, 0.29) is 50.2 Å². The van der Waals surface area contributed by atoms with Crippen molar-refractivity contribution < 1.29 is 53.4 Å². The monoisotopic (exact) mass is 700 g/mol. The highest BCUT2D eigenvalue weighted by molar-refractivity contribution is 7.92. The third kappa shape index (κ3) is 9.42. The van der Waals surface area contributed by atoms with Gasteiger partial charge in [-0.15, -0.1) is 0 Å². The number of pyridine rings is 1. The fraction of sp³-hybridized carbons (Fsp3) is 0. The van der Waals surface area contributed by atoms with E-state index in [2.05, 4.69) is 30.2 Å². The average Bonchev–Trinajstić information content (AvgIpc) is 3.08. The molecule has 17 nitrogen and oxygen atoms in total. The van der Waals surface area contributed by atoms with Crippen molar-refractivity contribution >= 4 is 56.5 Å². The minimum atomic E-state index is -3.79. The van der Waals surface area contributed by atoms with Gasteiger partial charge >= 0.3 is 17.9 Å². The minimum absolute atomic E-state index is 0.0231. The molecule has 0 saturated carbocycles. The van der Waals surface area contributed by atoms with E-state index in [0.717, 1.165) is 24.3 Å². The van der Waals surface area contributed by atoms with Crippen LogP contribution in [0.3, 0.4) is 0 Å². The predicted octanol–water partition coefficient (Wildman–Crippen LogP) is 6.61. The summed E-state index contributed by atoms with van der Waals surface area (Å²) >= 11 is 0. The maximum atomic E-state index is 12.3. The van der Waals surface area contributed by atoms with Crippen molar-refractivity contribution in [3.05, 3.63) is 120 Å². The Labute approximate surface area is 281 Å². The number of carboxylic acids is 3. The predicted molar refractivity (Wildman–Crippen MR) is 175 cm³/mol. The van der Waals surface area contributed by atoms with Crippen molar-refractivity contribution in [3.8, 4) is 17.2 Å². The number of hydrogen-bond acceptors (Lipinski definition) is 13. The van der Waals surface area contributed by atoms with E-state index in [1.807, 2.05) is 0 Å². The van der Waals surface area contributed by atoms with Crippen LogP contribution >= 0.6 is 0 Å². The topological polar surface area (TPSA) is 281 Å². The molecule has 0 radical (unpaired) electrons. The number of nitrogens with one attached hydrogen (secondary N) is 1. The summed E-state index contributed by atoms with van der Waals surface area (Å²) in [6.07, 6.45) is 1.47. The quantitative estimate of drug-likeness (QED) is 0.0758. The number of aromatic nitrogens is 1. The molecular weight excluding hydrogens is 676 g/mol. The van der Waals surface area contributed by atoms with Crippen molar-refractivity contribution in [2.45, 2.75) is 4.90 Å². The van der Waals surface area contributed by atoms with Crippen LogP contribution in [0.4, 0.5) is 28.6 Å². The van der Waals surface area contributed by atoms with E-state index in [1.54, 1.807) is 12.1 Å². The number of carboxylic acid groups (broad SMARTS) is 3. The molecule has 5 aromatic rings. The lowest BCUT2D eigenvalue weighted by Gasteiger charge is -2.07. The van der Waals surface area contributed by atoms with Gasteiger partial charge in [-0.2, -0.15) is 20.5 Å². The van der Waals surface area contributed by atoms with E-state index in [0.29, 0.717) is 5.69 Å². The summed E-state index contributed by atoms with van der Waals surface area (Å²) < 4.78 is 27.0. The maximum Gasteiger partial charge on any atom is 0.339 e.